The van der Waals surface area contributed by atoms with Crippen molar-refractivity contribution in [3.8, 4) is 0 Å². The van der Waals surface area contributed by atoms with Crippen LogP contribution in [0.1, 0.15) is 6.92 Å². The fourth-order valence-corrected chi connectivity index (χ4v) is 1.31. The van der Waals surface area contributed by atoms with Crippen molar-refractivity contribution >= 4 is 6.21 Å². The van der Waals surface area contributed by atoms with E-state index in [0.717, 1.165) is 16.8 Å². The summed E-state index contributed by atoms with van der Waals surface area (Å²) in [7, 11) is 4.31. The van der Waals surface area contributed by atoms with Crippen LogP contribution in [0.2, 0.25) is 0 Å². The molecule has 0 N–H and O–H groups in total. The maximum absolute atomic E-state index is 4.09. The van der Waals surface area contributed by atoms with E-state index in [9.17, 15) is 0 Å². The van der Waals surface area contributed by atoms with Crippen LogP contribution in [0.3, 0.4) is 0 Å². The van der Waals surface area contributed by atoms with E-state index < -0.39 is 0 Å². The van der Waals surface area contributed by atoms with Gasteiger partial charge in [0.1, 0.15) is 6.20 Å². The number of aliphatic imine (C=N–C) groups is 1. The van der Waals surface area contributed by atoms with Crippen molar-refractivity contribution in [2.45, 2.75) is 6.92 Å². The van der Waals surface area contributed by atoms with Gasteiger partial charge in [-0.25, -0.2) is 0 Å². The number of quaternary nitrogens is 1. The molecular weight excluding hydrogens is 174 g/mol. The fourth-order valence-electron chi connectivity index (χ4n) is 1.31. The Morgan fingerprint density at radius 2 is 2.29 bits per heavy atom. The molecule has 3 heteroatoms. The first-order valence-corrected chi connectivity index (χ1v) is 4.68. The first-order valence-electron chi connectivity index (χ1n) is 4.68. The maximum Gasteiger partial charge on any atom is 0.162 e. The summed E-state index contributed by atoms with van der Waals surface area (Å²) >= 11 is 0. The van der Waals surface area contributed by atoms with Gasteiger partial charge in [0.05, 0.1) is 32.2 Å². The second kappa shape index (κ2) is 4.24. The highest BCUT2D eigenvalue weighted by Gasteiger charge is 2.23. The average molecular weight is 192 g/mol. The molecule has 0 fully saturated rings. The maximum atomic E-state index is 4.09. The molecule has 1 aliphatic heterocycles. The Morgan fingerprint density at radius 1 is 1.57 bits per heavy atom. The minimum Gasteiger partial charge on any atom is -0.294 e. The minimum atomic E-state index is 0.862. The summed E-state index contributed by atoms with van der Waals surface area (Å²) in [5.74, 6) is 0. The van der Waals surface area contributed by atoms with E-state index in [4.69, 9.17) is 0 Å². The Labute approximate surface area is 85.9 Å². The molecule has 0 amide bonds. The highest BCUT2D eigenvalue weighted by Crippen LogP contribution is 2.17. The molecule has 14 heavy (non-hydrogen) atoms. The third kappa shape index (κ3) is 2.57. The Balaban J connectivity index is 2.75. The molecule has 1 rings (SSSR count). The molecule has 1 heterocycles. The predicted octanol–water partition coefficient (Wildman–Crippen LogP) is 1.93. The van der Waals surface area contributed by atoms with Crippen LogP contribution in [-0.4, -0.2) is 36.4 Å². The zero-order chi connectivity index (χ0) is 10.6. The molecule has 0 aromatic heterocycles. The summed E-state index contributed by atoms with van der Waals surface area (Å²) in [4.78, 5) is 6.23. The van der Waals surface area contributed by atoms with Crippen LogP contribution in [0.5, 0.6) is 0 Å². The lowest BCUT2D eigenvalue weighted by Gasteiger charge is -2.23. The SMILES string of the molecule is C=CC(=CN=CC)N1C=C[N+](C)(C)C1. The summed E-state index contributed by atoms with van der Waals surface area (Å²) < 4.78 is 0.862. The second-order valence-electron chi connectivity index (χ2n) is 3.85. The van der Waals surface area contributed by atoms with Crippen LogP contribution in [0.15, 0.2) is 41.9 Å². The number of allylic oxidation sites excluding steroid dienone is 1. The molecule has 0 aromatic rings. The fraction of sp³-hybridized carbons (Fsp3) is 0.364. The van der Waals surface area contributed by atoms with Gasteiger partial charge in [0, 0.05) is 6.21 Å². The first kappa shape index (κ1) is 10.7. The van der Waals surface area contributed by atoms with E-state index in [1.54, 1.807) is 6.21 Å². The molecule has 0 atom stereocenters. The van der Waals surface area contributed by atoms with Gasteiger partial charge in [-0.15, -0.1) is 0 Å². The van der Waals surface area contributed by atoms with Crippen LogP contribution in [0.4, 0.5) is 0 Å². The van der Waals surface area contributed by atoms with Gasteiger partial charge < -0.3 is 0 Å². The summed E-state index contributed by atoms with van der Waals surface area (Å²) in [5.41, 5.74) is 1.03. The summed E-state index contributed by atoms with van der Waals surface area (Å²) in [6.45, 7) is 6.61. The van der Waals surface area contributed by atoms with E-state index in [1.165, 1.54) is 0 Å². The van der Waals surface area contributed by atoms with Gasteiger partial charge in [-0.1, -0.05) is 6.58 Å². The van der Waals surface area contributed by atoms with Gasteiger partial charge in [0.25, 0.3) is 0 Å². The lowest BCUT2D eigenvalue weighted by Crippen LogP contribution is -2.36. The second-order valence-corrected chi connectivity index (χ2v) is 3.85. The lowest BCUT2D eigenvalue weighted by molar-refractivity contribution is -0.840. The van der Waals surface area contributed by atoms with Crippen molar-refractivity contribution in [1.82, 2.24) is 4.90 Å². The van der Waals surface area contributed by atoms with Gasteiger partial charge in [0.15, 0.2) is 6.67 Å². The van der Waals surface area contributed by atoms with Crippen molar-refractivity contribution in [1.29, 1.82) is 0 Å². The van der Waals surface area contributed by atoms with Crippen LogP contribution in [-0.2, 0) is 0 Å². The molecular formula is C11H18N3+. The summed E-state index contributed by atoms with van der Waals surface area (Å²) in [6.07, 6.45) is 9.63. The van der Waals surface area contributed by atoms with E-state index in [1.807, 2.05) is 19.2 Å². The zero-order valence-corrected chi connectivity index (χ0v) is 9.14. The van der Waals surface area contributed by atoms with Crippen LogP contribution in [0, 0.1) is 0 Å². The molecule has 0 unspecified atom stereocenters. The molecule has 0 radical (unpaired) electrons. The summed E-state index contributed by atoms with van der Waals surface area (Å²) in [5, 5.41) is 0. The normalized spacial score (nSPS) is 20.8. The smallest absolute Gasteiger partial charge is 0.162 e. The Hall–Kier alpha value is -1.35. The molecule has 0 spiro atoms. The highest BCUT2D eigenvalue weighted by atomic mass is 15.4. The molecule has 76 valence electrons. The molecule has 0 saturated carbocycles. The minimum absolute atomic E-state index is 0.862. The average Bonchev–Trinajstić information content (AvgIpc) is 2.48. The Bertz CT molecular complexity index is 298. The highest BCUT2D eigenvalue weighted by molar-refractivity contribution is 5.54. The van der Waals surface area contributed by atoms with E-state index in [0.29, 0.717) is 0 Å². The zero-order valence-electron chi connectivity index (χ0n) is 9.14. The Morgan fingerprint density at radius 3 is 2.71 bits per heavy atom. The topological polar surface area (TPSA) is 15.6 Å². The third-order valence-electron chi connectivity index (χ3n) is 2.06. The Kier molecular flexibility index (Phi) is 3.25. The standard InChI is InChI=1S/C11H18N3/c1-5-11(9-12-6-2)13-7-8-14(3,4)10-13/h5-9H,1,10H2,2-4H3/q+1. The van der Waals surface area contributed by atoms with E-state index >= 15 is 0 Å². The van der Waals surface area contributed by atoms with E-state index in [2.05, 4.69) is 43.0 Å². The van der Waals surface area contributed by atoms with Crippen LogP contribution in [0.25, 0.3) is 0 Å². The molecule has 1 aliphatic rings. The van der Waals surface area contributed by atoms with Gasteiger partial charge >= 0.3 is 0 Å². The number of hydrogen-bond donors (Lipinski definition) is 0. The van der Waals surface area contributed by atoms with Gasteiger partial charge in [0.2, 0.25) is 0 Å². The molecule has 0 aromatic carbocycles. The number of hydrogen-bond acceptors (Lipinski definition) is 2. The van der Waals surface area contributed by atoms with Gasteiger partial charge in [-0.05, 0) is 13.0 Å². The first-order chi connectivity index (χ1) is 6.59. The van der Waals surface area contributed by atoms with Crippen molar-refractivity contribution < 1.29 is 4.48 Å². The summed E-state index contributed by atoms with van der Waals surface area (Å²) in [6, 6.07) is 0. The quantitative estimate of drug-likeness (QED) is 0.379. The van der Waals surface area contributed by atoms with Gasteiger partial charge in [-0.3, -0.25) is 14.4 Å². The molecule has 0 aliphatic carbocycles. The molecule has 3 nitrogen and oxygen atoms in total. The van der Waals surface area contributed by atoms with Crippen molar-refractivity contribution in [3.63, 3.8) is 0 Å². The molecule has 0 saturated heterocycles. The van der Waals surface area contributed by atoms with Crippen LogP contribution >= 0.6 is 0 Å². The van der Waals surface area contributed by atoms with Crippen molar-refractivity contribution in [2.24, 2.45) is 4.99 Å². The van der Waals surface area contributed by atoms with Crippen molar-refractivity contribution in [3.05, 3.63) is 37.0 Å². The lowest BCUT2D eigenvalue weighted by atomic mass is 10.4. The van der Waals surface area contributed by atoms with Gasteiger partial charge in [-0.2, -0.15) is 0 Å². The van der Waals surface area contributed by atoms with Crippen LogP contribution < -0.4 is 0 Å². The molecule has 0 bridgehead atoms. The predicted molar refractivity (Wildman–Crippen MR) is 60.4 cm³/mol. The third-order valence-corrected chi connectivity index (χ3v) is 2.06. The van der Waals surface area contributed by atoms with E-state index in [-0.39, 0.29) is 0 Å². The number of rotatable bonds is 3. The van der Waals surface area contributed by atoms with Crippen molar-refractivity contribution in [2.75, 3.05) is 20.8 Å². The number of nitrogens with zero attached hydrogens (tertiary/aromatic N) is 3. The largest absolute Gasteiger partial charge is 0.294 e. The monoisotopic (exact) mass is 192 g/mol.